The Morgan fingerprint density at radius 3 is 2.39 bits per heavy atom. The normalized spacial score (nSPS) is 11.4. The molecule has 0 saturated carbocycles. The molecule has 0 aliphatic heterocycles. The van der Waals surface area contributed by atoms with Crippen LogP contribution in [0.5, 0.6) is 0 Å². The molecule has 2 aromatic heterocycles. The van der Waals surface area contributed by atoms with E-state index in [9.17, 15) is 10.1 Å². The molecular weight excluding hydrogens is 368 g/mol. The molecule has 1 N–H and O–H groups in total. The zero-order valence-electron chi connectivity index (χ0n) is 16.6. The summed E-state index contributed by atoms with van der Waals surface area (Å²) in [7, 11) is 0. The first-order chi connectivity index (χ1) is 13.3. The van der Waals surface area contributed by atoms with Crippen molar-refractivity contribution >= 4 is 28.5 Å². The van der Waals surface area contributed by atoms with Crippen LogP contribution >= 0.6 is 11.3 Å². The van der Waals surface area contributed by atoms with Gasteiger partial charge in [-0.25, -0.2) is 4.98 Å². The highest BCUT2D eigenvalue weighted by atomic mass is 32.1. The molecule has 0 spiro atoms. The van der Waals surface area contributed by atoms with E-state index in [4.69, 9.17) is 0 Å². The van der Waals surface area contributed by atoms with Gasteiger partial charge in [-0.2, -0.15) is 5.26 Å². The number of aromatic nitrogens is 2. The average Bonchev–Trinajstić information content (AvgIpc) is 3.14. The van der Waals surface area contributed by atoms with Gasteiger partial charge in [0.15, 0.2) is 5.13 Å². The lowest BCUT2D eigenvalue weighted by atomic mass is 10.1. The predicted octanol–water partition coefficient (Wildman–Crippen LogP) is 5.02. The number of anilines is 1. The van der Waals surface area contributed by atoms with Crippen LogP contribution in [0.3, 0.4) is 0 Å². The SMILES string of the molecule is Cc1cc(C)cc(-n2c(C)cc(C=C(C#N)C(=O)Nc3ncc(C)s3)c2C)c1. The standard InChI is InChI=1S/C22H22N4OS/c1-13-6-14(2)8-20(7-13)26-15(3)9-18(17(26)5)10-19(11-23)21(27)25-22-24-12-16(4)28-22/h6-10,12H,1-5H3,(H,24,25,27). The van der Waals surface area contributed by atoms with Gasteiger partial charge in [-0.05, 0) is 75.6 Å². The number of nitrogens with one attached hydrogen (secondary N) is 1. The number of nitriles is 1. The quantitative estimate of drug-likeness (QED) is 0.502. The van der Waals surface area contributed by atoms with Crippen LogP contribution in [-0.4, -0.2) is 15.5 Å². The topological polar surface area (TPSA) is 70.7 Å². The van der Waals surface area contributed by atoms with Crippen LogP contribution in [0.25, 0.3) is 11.8 Å². The molecule has 0 bridgehead atoms. The molecule has 0 unspecified atom stereocenters. The van der Waals surface area contributed by atoms with Crippen LogP contribution in [0.4, 0.5) is 5.13 Å². The zero-order valence-corrected chi connectivity index (χ0v) is 17.4. The lowest BCUT2D eigenvalue weighted by molar-refractivity contribution is -0.112. The summed E-state index contributed by atoms with van der Waals surface area (Å²) in [5.74, 6) is -0.451. The molecule has 1 amide bonds. The Hall–Kier alpha value is -3.17. The molecule has 0 aliphatic rings. The molecule has 0 aliphatic carbocycles. The van der Waals surface area contributed by atoms with Gasteiger partial charge in [-0.1, -0.05) is 6.07 Å². The summed E-state index contributed by atoms with van der Waals surface area (Å²) in [5.41, 5.74) is 6.38. The molecule has 5 nitrogen and oxygen atoms in total. The fraction of sp³-hybridized carbons (Fsp3) is 0.227. The van der Waals surface area contributed by atoms with E-state index in [0.717, 1.165) is 27.5 Å². The fourth-order valence-electron chi connectivity index (χ4n) is 3.29. The number of nitrogens with zero attached hydrogens (tertiary/aromatic N) is 3. The van der Waals surface area contributed by atoms with Crippen LogP contribution in [0, 0.1) is 45.9 Å². The molecule has 0 fully saturated rings. The maximum Gasteiger partial charge on any atom is 0.268 e. The molecule has 6 heteroatoms. The molecule has 0 radical (unpaired) electrons. The van der Waals surface area contributed by atoms with Crippen molar-refractivity contribution in [2.75, 3.05) is 5.32 Å². The maximum absolute atomic E-state index is 12.5. The smallest absolute Gasteiger partial charge is 0.268 e. The van der Waals surface area contributed by atoms with Crippen LogP contribution in [0.15, 0.2) is 36.0 Å². The van der Waals surface area contributed by atoms with E-state index in [1.165, 1.54) is 22.5 Å². The van der Waals surface area contributed by atoms with Crippen molar-refractivity contribution in [3.05, 3.63) is 69.0 Å². The minimum atomic E-state index is -0.451. The fourth-order valence-corrected chi connectivity index (χ4v) is 3.95. The number of aryl methyl sites for hydroxylation is 4. The second-order valence-electron chi connectivity index (χ2n) is 6.91. The first-order valence-electron chi connectivity index (χ1n) is 8.91. The highest BCUT2D eigenvalue weighted by molar-refractivity contribution is 7.15. The maximum atomic E-state index is 12.5. The van der Waals surface area contributed by atoms with Gasteiger partial charge in [0.25, 0.3) is 5.91 Å². The number of benzene rings is 1. The Morgan fingerprint density at radius 2 is 1.82 bits per heavy atom. The first kappa shape index (κ1) is 19.6. The van der Waals surface area contributed by atoms with Gasteiger partial charge in [-0.3, -0.25) is 10.1 Å². The molecule has 28 heavy (non-hydrogen) atoms. The number of carbonyl (C=O) groups is 1. The van der Waals surface area contributed by atoms with Crippen LogP contribution in [0.2, 0.25) is 0 Å². The van der Waals surface area contributed by atoms with E-state index in [1.54, 1.807) is 12.3 Å². The van der Waals surface area contributed by atoms with E-state index >= 15 is 0 Å². The molecule has 0 saturated heterocycles. The third-order valence-electron chi connectivity index (χ3n) is 4.44. The average molecular weight is 391 g/mol. The van der Waals surface area contributed by atoms with Gasteiger partial charge < -0.3 is 4.57 Å². The zero-order chi connectivity index (χ0) is 20.4. The number of hydrogen-bond donors (Lipinski definition) is 1. The first-order valence-corrected chi connectivity index (χ1v) is 9.73. The highest BCUT2D eigenvalue weighted by Gasteiger charge is 2.15. The third kappa shape index (κ3) is 4.05. The Labute approximate surface area is 169 Å². The van der Waals surface area contributed by atoms with E-state index in [2.05, 4.69) is 46.9 Å². The van der Waals surface area contributed by atoms with Crippen LogP contribution in [0.1, 0.15) is 33.0 Å². The Morgan fingerprint density at radius 1 is 1.14 bits per heavy atom. The second kappa shape index (κ2) is 7.83. The van der Waals surface area contributed by atoms with E-state index in [0.29, 0.717) is 5.13 Å². The lowest BCUT2D eigenvalue weighted by Gasteiger charge is -2.12. The summed E-state index contributed by atoms with van der Waals surface area (Å²) < 4.78 is 2.14. The summed E-state index contributed by atoms with van der Waals surface area (Å²) in [6.45, 7) is 10.1. The largest absolute Gasteiger partial charge is 0.318 e. The highest BCUT2D eigenvalue weighted by Crippen LogP contribution is 2.25. The minimum Gasteiger partial charge on any atom is -0.318 e. The van der Waals surface area contributed by atoms with Crippen molar-refractivity contribution in [3.8, 4) is 11.8 Å². The van der Waals surface area contributed by atoms with Crippen molar-refractivity contribution in [3.63, 3.8) is 0 Å². The molecule has 3 aromatic rings. The van der Waals surface area contributed by atoms with Crippen molar-refractivity contribution in [2.45, 2.75) is 34.6 Å². The summed E-state index contributed by atoms with van der Waals surface area (Å²) in [6, 6.07) is 10.4. The number of amides is 1. The van der Waals surface area contributed by atoms with Gasteiger partial charge in [0.1, 0.15) is 11.6 Å². The van der Waals surface area contributed by atoms with Crippen LogP contribution < -0.4 is 5.32 Å². The predicted molar refractivity (Wildman–Crippen MR) is 114 cm³/mol. The Kier molecular flexibility index (Phi) is 5.48. The van der Waals surface area contributed by atoms with Gasteiger partial charge in [0.2, 0.25) is 0 Å². The number of carbonyl (C=O) groups excluding carboxylic acids is 1. The minimum absolute atomic E-state index is 0.0496. The Bertz CT molecular complexity index is 1110. The number of rotatable bonds is 4. The number of thiazole rings is 1. The second-order valence-corrected chi connectivity index (χ2v) is 8.14. The number of hydrogen-bond acceptors (Lipinski definition) is 4. The van der Waals surface area contributed by atoms with Crippen LogP contribution in [-0.2, 0) is 4.79 Å². The third-order valence-corrected chi connectivity index (χ3v) is 5.27. The molecule has 3 rings (SSSR count). The summed E-state index contributed by atoms with van der Waals surface area (Å²) in [6.07, 6.45) is 3.32. The van der Waals surface area contributed by atoms with Crippen molar-refractivity contribution in [1.29, 1.82) is 5.26 Å². The molecule has 0 atom stereocenters. The lowest BCUT2D eigenvalue weighted by Crippen LogP contribution is -2.13. The molecule has 142 valence electrons. The Balaban J connectivity index is 1.97. The van der Waals surface area contributed by atoms with Gasteiger partial charge in [0, 0.05) is 28.1 Å². The van der Waals surface area contributed by atoms with E-state index in [1.807, 2.05) is 32.9 Å². The van der Waals surface area contributed by atoms with E-state index in [-0.39, 0.29) is 5.57 Å². The van der Waals surface area contributed by atoms with Crippen molar-refractivity contribution < 1.29 is 4.79 Å². The monoisotopic (exact) mass is 390 g/mol. The van der Waals surface area contributed by atoms with Crippen molar-refractivity contribution in [1.82, 2.24) is 9.55 Å². The summed E-state index contributed by atoms with van der Waals surface area (Å²) >= 11 is 1.38. The van der Waals surface area contributed by atoms with Crippen molar-refractivity contribution in [2.24, 2.45) is 0 Å². The summed E-state index contributed by atoms with van der Waals surface area (Å²) in [5, 5.41) is 12.7. The van der Waals surface area contributed by atoms with Gasteiger partial charge >= 0.3 is 0 Å². The molecular formula is C22H22N4OS. The van der Waals surface area contributed by atoms with Gasteiger partial charge in [0.05, 0.1) is 0 Å². The van der Waals surface area contributed by atoms with E-state index < -0.39 is 5.91 Å². The molecule has 2 heterocycles. The summed E-state index contributed by atoms with van der Waals surface area (Å²) in [4.78, 5) is 17.6. The van der Waals surface area contributed by atoms with Gasteiger partial charge in [-0.15, -0.1) is 11.3 Å². The molecule has 1 aromatic carbocycles.